The quantitative estimate of drug-likeness (QED) is 0.673. The normalized spacial score (nSPS) is 9.69. The van der Waals surface area contributed by atoms with E-state index < -0.39 is 5.97 Å². The molecule has 1 aromatic rings. The van der Waals surface area contributed by atoms with Crippen LogP contribution in [-0.4, -0.2) is 11.1 Å². The van der Waals surface area contributed by atoms with Crippen LogP contribution in [0.1, 0.15) is 15.9 Å². The van der Waals surface area contributed by atoms with Crippen molar-refractivity contribution in [2.75, 3.05) is 0 Å². The zero-order chi connectivity index (χ0) is 10.0. The van der Waals surface area contributed by atoms with Crippen LogP contribution in [0.5, 0.6) is 0 Å². The number of hydrogen-bond acceptors (Lipinski definition) is 3. The average Bonchev–Trinajstić information content (AvgIpc) is 2.08. The molecule has 1 rings (SSSR count). The van der Waals surface area contributed by atoms with Gasteiger partial charge in [-0.25, -0.2) is 4.79 Å². The predicted molar refractivity (Wildman–Crippen MR) is 56.3 cm³/mol. The third kappa shape index (κ3) is 2.03. The first-order valence-electron chi connectivity index (χ1n) is 3.43. The molecule has 0 atom stereocenters. The van der Waals surface area contributed by atoms with Crippen molar-refractivity contribution in [2.45, 2.75) is 6.92 Å². The topological polar surface area (TPSA) is 66.7 Å². The monoisotopic (exact) mass is 291 g/mol. The molecule has 0 saturated heterocycles. The third-order valence-electron chi connectivity index (χ3n) is 1.67. The molecule has 0 bridgehead atoms. The molecule has 1 N–H and O–H groups in total. The van der Waals surface area contributed by atoms with Gasteiger partial charge in [0.15, 0.2) is 0 Å². The molecule has 0 saturated carbocycles. The lowest BCUT2D eigenvalue weighted by atomic mass is 10.1. The Morgan fingerprint density at radius 2 is 2.15 bits per heavy atom. The van der Waals surface area contributed by atoms with Gasteiger partial charge in [0.25, 0.3) is 0 Å². The summed E-state index contributed by atoms with van der Waals surface area (Å²) < 4.78 is 0.690. The van der Waals surface area contributed by atoms with E-state index in [1.54, 1.807) is 13.0 Å². The van der Waals surface area contributed by atoms with E-state index in [2.05, 4.69) is 5.18 Å². The fourth-order valence-electron chi connectivity index (χ4n) is 0.982. The van der Waals surface area contributed by atoms with E-state index in [-0.39, 0.29) is 11.3 Å². The minimum atomic E-state index is -1.04. The van der Waals surface area contributed by atoms with Crippen molar-refractivity contribution < 1.29 is 9.90 Å². The average molecular weight is 291 g/mol. The number of carboxylic acids is 1. The van der Waals surface area contributed by atoms with E-state index in [9.17, 15) is 9.70 Å². The summed E-state index contributed by atoms with van der Waals surface area (Å²) in [5.41, 5.74) is 0.716. The minimum Gasteiger partial charge on any atom is -0.478 e. The van der Waals surface area contributed by atoms with Gasteiger partial charge >= 0.3 is 5.97 Å². The number of aromatic carboxylic acids is 1. The summed E-state index contributed by atoms with van der Waals surface area (Å²) in [5, 5.41) is 11.5. The van der Waals surface area contributed by atoms with Gasteiger partial charge < -0.3 is 5.11 Å². The first-order valence-corrected chi connectivity index (χ1v) is 4.51. The van der Waals surface area contributed by atoms with Crippen LogP contribution in [0, 0.1) is 15.4 Å². The second-order valence-corrected chi connectivity index (χ2v) is 3.74. The van der Waals surface area contributed by atoms with Crippen molar-refractivity contribution in [3.8, 4) is 0 Å². The molecule has 5 heteroatoms. The predicted octanol–water partition coefficient (Wildman–Crippen LogP) is 2.70. The highest BCUT2D eigenvalue weighted by Crippen LogP contribution is 2.25. The molecule has 0 aliphatic heterocycles. The van der Waals surface area contributed by atoms with Crippen LogP contribution in [0.25, 0.3) is 0 Å². The van der Waals surface area contributed by atoms with Gasteiger partial charge in [-0.1, -0.05) is 0 Å². The van der Waals surface area contributed by atoms with Crippen LogP contribution in [0.15, 0.2) is 17.3 Å². The molecule has 0 unspecified atom stereocenters. The van der Waals surface area contributed by atoms with Gasteiger partial charge in [0.2, 0.25) is 0 Å². The van der Waals surface area contributed by atoms with Gasteiger partial charge in [0.1, 0.15) is 5.69 Å². The Bertz CT molecular complexity index is 376. The number of benzene rings is 1. The number of nitrogens with zero attached hydrogens (tertiary/aromatic N) is 1. The number of carboxylic acid groups (broad SMARTS) is 1. The summed E-state index contributed by atoms with van der Waals surface area (Å²) in [6.45, 7) is 1.57. The Morgan fingerprint density at radius 3 is 2.62 bits per heavy atom. The highest BCUT2D eigenvalue weighted by atomic mass is 127. The van der Waals surface area contributed by atoms with E-state index >= 15 is 0 Å². The maximum Gasteiger partial charge on any atom is 0.336 e. The van der Waals surface area contributed by atoms with Gasteiger partial charge in [-0.3, -0.25) is 0 Å². The van der Waals surface area contributed by atoms with Gasteiger partial charge in [0.05, 0.1) is 5.56 Å². The van der Waals surface area contributed by atoms with Crippen LogP contribution in [0.4, 0.5) is 5.69 Å². The lowest BCUT2D eigenvalue weighted by molar-refractivity contribution is 0.0696. The van der Waals surface area contributed by atoms with Crippen LogP contribution in [-0.2, 0) is 0 Å². The first-order chi connectivity index (χ1) is 6.06. The van der Waals surface area contributed by atoms with E-state index in [4.69, 9.17) is 5.11 Å². The van der Waals surface area contributed by atoms with E-state index in [0.29, 0.717) is 9.13 Å². The molecule has 0 fully saturated rings. The number of carbonyl (C=O) groups is 1. The summed E-state index contributed by atoms with van der Waals surface area (Å²) in [5.74, 6) is -1.04. The molecule has 13 heavy (non-hydrogen) atoms. The number of hydrogen-bond donors (Lipinski definition) is 1. The fourth-order valence-corrected chi connectivity index (χ4v) is 1.59. The lowest BCUT2D eigenvalue weighted by Crippen LogP contribution is -2.00. The number of rotatable bonds is 2. The molecule has 0 spiro atoms. The molecular formula is C8H6INO3. The number of nitroso groups, excluding NO2 is 1. The van der Waals surface area contributed by atoms with Crippen LogP contribution in [0.3, 0.4) is 0 Å². The van der Waals surface area contributed by atoms with E-state index in [1.165, 1.54) is 6.07 Å². The molecule has 4 nitrogen and oxygen atoms in total. The fraction of sp³-hybridized carbons (Fsp3) is 0.125. The van der Waals surface area contributed by atoms with Crippen molar-refractivity contribution in [3.63, 3.8) is 0 Å². The highest BCUT2D eigenvalue weighted by molar-refractivity contribution is 14.1. The Hall–Kier alpha value is -0.980. The molecule has 0 aliphatic rings. The van der Waals surface area contributed by atoms with Gasteiger partial charge in [0, 0.05) is 3.57 Å². The Kier molecular flexibility index (Phi) is 2.97. The smallest absolute Gasteiger partial charge is 0.336 e. The maximum atomic E-state index is 10.7. The van der Waals surface area contributed by atoms with Gasteiger partial charge in [-0.2, -0.15) is 0 Å². The van der Waals surface area contributed by atoms with Crippen LogP contribution >= 0.6 is 22.6 Å². The SMILES string of the molecule is Cc1c(N=O)cc(I)cc1C(=O)O. The van der Waals surface area contributed by atoms with Crippen molar-refractivity contribution in [1.82, 2.24) is 0 Å². The second kappa shape index (κ2) is 3.82. The molecular weight excluding hydrogens is 285 g/mol. The zero-order valence-electron chi connectivity index (χ0n) is 6.74. The molecule has 0 radical (unpaired) electrons. The van der Waals surface area contributed by atoms with Gasteiger partial charge in [-0.05, 0) is 52.4 Å². The summed E-state index contributed by atoms with van der Waals surface area (Å²) in [7, 11) is 0. The van der Waals surface area contributed by atoms with Crippen molar-refractivity contribution in [3.05, 3.63) is 31.7 Å². The largest absolute Gasteiger partial charge is 0.478 e. The van der Waals surface area contributed by atoms with Crippen LogP contribution in [0.2, 0.25) is 0 Å². The van der Waals surface area contributed by atoms with E-state index in [0.717, 1.165) is 0 Å². The first kappa shape index (κ1) is 10.1. The molecule has 0 aromatic heterocycles. The molecule has 0 heterocycles. The van der Waals surface area contributed by atoms with Crippen molar-refractivity contribution in [2.24, 2.45) is 5.18 Å². The summed E-state index contributed by atoms with van der Waals surface area (Å²) in [6.07, 6.45) is 0. The molecule has 1 aromatic carbocycles. The van der Waals surface area contributed by atoms with Crippen LogP contribution < -0.4 is 0 Å². The summed E-state index contributed by atoms with van der Waals surface area (Å²) in [6, 6.07) is 3.06. The zero-order valence-corrected chi connectivity index (χ0v) is 8.90. The second-order valence-electron chi connectivity index (χ2n) is 2.49. The standard InChI is InChI=1S/C8H6INO3/c1-4-6(8(11)12)2-5(9)3-7(4)10-13/h2-3H,1H3,(H,11,12). The molecule has 0 aliphatic carbocycles. The Labute approximate surface area is 88.1 Å². The van der Waals surface area contributed by atoms with Crippen molar-refractivity contribution in [1.29, 1.82) is 0 Å². The van der Waals surface area contributed by atoms with E-state index in [1.807, 2.05) is 22.6 Å². The minimum absolute atomic E-state index is 0.126. The molecule has 0 amide bonds. The lowest BCUT2D eigenvalue weighted by Gasteiger charge is -2.02. The summed E-state index contributed by atoms with van der Waals surface area (Å²) >= 11 is 1.94. The number of halogens is 1. The maximum absolute atomic E-state index is 10.7. The molecule has 68 valence electrons. The summed E-state index contributed by atoms with van der Waals surface area (Å²) in [4.78, 5) is 21.0. The Morgan fingerprint density at radius 1 is 1.54 bits per heavy atom. The highest BCUT2D eigenvalue weighted by Gasteiger charge is 2.12. The third-order valence-corrected chi connectivity index (χ3v) is 2.30. The Balaban J connectivity index is 3.44. The van der Waals surface area contributed by atoms with Crippen molar-refractivity contribution >= 4 is 34.2 Å². The van der Waals surface area contributed by atoms with Gasteiger partial charge in [-0.15, -0.1) is 4.91 Å².